The molecule has 118 valence electrons. The molecule has 0 radical (unpaired) electrons. The van der Waals surface area contributed by atoms with Gasteiger partial charge in [0, 0.05) is 38.8 Å². The van der Waals surface area contributed by atoms with Crippen molar-refractivity contribution in [3.8, 4) is 0 Å². The summed E-state index contributed by atoms with van der Waals surface area (Å²) in [6, 6.07) is 1.40. The van der Waals surface area contributed by atoms with E-state index in [-0.39, 0.29) is 0 Å². The molecule has 1 N–H and O–H groups in total. The highest BCUT2D eigenvalue weighted by Crippen LogP contribution is 2.23. The van der Waals surface area contributed by atoms with Gasteiger partial charge in [-0.3, -0.25) is 4.90 Å². The van der Waals surface area contributed by atoms with Gasteiger partial charge in [0.1, 0.15) is 0 Å². The van der Waals surface area contributed by atoms with E-state index in [2.05, 4.69) is 24.1 Å². The lowest BCUT2D eigenvalue weighted by molar-refractivity contribution is 0.00948. The molecule has 3 atom stereocenters. The summed E-state index contributed by atoms with van der Waals surface area (Å²) in [6.45, 7) is 8.47. The third kappa shape index (κ3) is 5.32. The molecule has 0 aromatic rings. The summed E-state index contributed by atoms with van der Waals surface area (Å²) in [6.07, 6.45) is 7.15. The Morgan fingerprint density at radius 1 is 1.25 bits per heavy atom. The first-order valence-corrected chi connectivity index (χ1v) is 8.34. The first-order chi connectivity index (χ1) is 9.72. The van der Waals surface area contributed by atoms with Crippen LogP contribution in [-0.2, 0) is 9.47 Å². The maximum absolute atomic E-state index is 6.20. The van der Waals surface area contributed by atoms with E-state index in [9.17, 15) is 0 Å². The van der Waals surface area contributed by atoms with Crippen LogP contribution in [0.1, 0.15) is 46.0 Å². The Hall–Kier alpha value is -0.160. The zero-order valence-corrected chi connectivity index (χ0v) is 13.4. The molecule has 2 rings (SSSR count). The maximum atomic E-state index is 6.20. The molecule has 0 aromatic carbocycles. The number of rotatable bonds is 10. The van der Waals surface area contributed by atoms with Crippen LogP contribution in [0.4, 0.5) is 0 Å². The number of methoxy groups -OCH3 is 1. The van der Waals surface area contributed by atoms with Crippen molar-refractivity contribution in [2.45, 2.75) is 70.2 Å². The van der Waals surface area contributed by atoms with Gasteiger partial charge in [-0.15, -0.1) is 0 Å². The molecule has 2 fully saturated rings. The third-order valence-corrected chi connectivity index (χ3v) is 4.64. The zero-order valence-electron chi connectivity index (χ0n) is 13.4. The molecule has 1 saturated heterocycles. The molecule has 4 nitrogen and oxygen atoms in total. The zero-order chi connectivity index (χ0) is 14.4. The minimum absolute atomic E-state index is 0.409. The lowest BCUT2D eigenvalue weighted by Crippen LogP contribution is -2.41. The molecule has 4 heteroatoms. The molecule has 1 saturated carbocycles. The largest absolute Gasteiger partial charge is 0.383 e. The SMILES string of the molecule is CCC(C)N(CCOC)CC1CCC(CNC2CC2)O1. The van der Waals surface area contributed by atoms with Gasteiger partial charge in [-0.05, 0) is 39.0 Å². The average molecular weight is 284 g/mol. The standard InChI is InChI=1S/C16H32N2O2/c1-4-13(2)18(9-10-19-3)12-16-8-7-15(20-16)11-17-14-5-6-14/h13-17H,4-12H2,1-3H3. The first-order valence-electron chi connectivity index (χ1n) is 8.34. The molecule has 0 amide bonds. The molecule has 0 spiro atoms. The predicted molar refractivity (Wildman–Crippen MR) is 82.1 cm³/mol. The van der Waals surface area contributed by atoms with Crippen molar-refractivity contribution < 1.29 is 9.47 Å². The van der Waals surface area contributed by atoms with E-state index < -0.39 is 0 Å². The van der Waals surface area contributed by atoms with Gasteiger partial charge in [-0.2, -0.15) is 0 Å². The lowest BCUT2D eigenvalue weighted by Gasteiger charge is -2.30. The monoisotopic (exact) mass is 284 g/mol. The fourth-order valence-electron chi connectivity index (χ4n) is 2.87. The van der Waals surface area contributed by atoms with Crippen LogP contribution in [0.5, 0.6) is 0 Å². The molecule has 1 heterocycles. The number of nitrogens with one attached hydrogen (secondary N) is 1. The van der Waals surface area contributed by atoms with Crippen molar-refractivity contribution in [3.63, 3.8) is 0 Å². The number of nitrogens with zero attached hydrogens (tertiary/aromatic N) is 1. The van der Waals surface area contributed by atoms with Gasteiger partial charge in [0.15, 0.2) is 0 Å². The topological polar surface area (TPSA) is 33.7 Å². The number of hydrogen-bond donors (Lipinski definition) is 1. The van der Waals surface area contributed by atoms with Crippen LogP contribution in [0.15, 0.2) is 0 Å². The Bertz CT molecular complexity index is 271. The molecular weight excluding hydrogens is 252 g/mol. The van der Waals surface area contributed by atoms with E-state index in [1.54, 1.807) is 7.11 Å². The summed E-state index contributed by atoms with van der Waals surface area (Å²) in [5, 5.41) is 3.58. The van der Waals surface area contributed by atoms with Gasteiger partial charge in [0.2, 0.25) is 0 Å². The van der Waals surface area contributed by atoms with Crippen molar-refractivity contribution in [3.05, 3.63) is 0 Å². The second kappa shape index (κ2) is 8.32. The van der Waals surface area contributed by atoms with Gasteiger partial charge >= 0.3 is 0 Å². The highest BCUT2D eigenvalue weighted by Gasteiger charge is 2.29. The molecule has 20 heavy (non-hydrogen) atoms. The van der Waals surface area contributed by atoms with Crippen molar-refractivity contribution in [1.29, 1.82) is 0 Å². The molecule has 0 aromatic heterocycles. The normalized spacial score (nSPS) is 28.2. The van der Waals surface area contributed by atoms with Crippen LogP contribution in [0.3, 0.4) is 0 Å². The number of ether oxygens (including phenoxy) is 2. The molecule has 3 unspecified atom stereocenters. The smallest absolute Gasteiger partial charge is 0.0707 e. The van der Waals surface area contributed by atoms with Crippen LogP contribution in [0, 0.1) is 0 Å². The number of hydrogen-bond acceptors (Lipinski definition) is 4. The molecular formula is C16H32N2O2. The molecule has 1 aliphatic carbocycles. The van der Waals surface area contributed by atoms with Crippen molar-refractivity contribution in [2.24, 2.45) is 0 Å². The van der Waals surface area contributed by atoms with E-state index in [0.29, 0.717) is 18.2 Å². The molecule has 0 bridgehead atoms. The summed E-state index contributed by atoms with van der Waals surface area (Å²) < 4.78 is 11.4. The van der Waals surface area contributed by atoms with Gasteiger partial charge < -0.3 is 14.8 Å². The van der Waals surface area contributed by atoms with Crippen molar-refractivity contribution in [1.82, 2.24) is 10.2 Å². The van der Waals surface area contributed by atoms with Crippen molar-refractivity contribution in [2.75, 3.05) is 33.4 Å². The average Bonchev–Trinajstić information content (AvgIpc) is 3.19. The van der Waals surface area contributed by atoms with Gasteiger partial charge in [0.25, 0.3) is 0 Å². The summed E-state index contributed by atoms with van der Waals surface area (Å²) in [5.41, 5.74) is 0. The van der Waals surface area contributed by atoms with Gasteiger partial charge in [0.05, 0.1) is 18.8 Å². The van der Waals surface area contributed by atoms with E-state index in [0.717, 1.165) is 32.3 Å². The Balaban J connectivity index is 1.69. The van der Waals surface area contributed by atoms with E-state index in [1.165, 1.54) is 32.1 Å². The summed E-state index contributed by atoms with van der Waals surface area (Å²) >= 11 is 0. The maximum Gasteiger partial charge on any atom is 0.0707 e. The highest BCUT2D eigenvalue weighted by molar-refractivity contribution is 4.85. The van der Waals surface area contributed by atoms with E-state index >= 15 is 0 Å². The van der Waals surface area contributed by atoms with E-state index in [1.807, 2.05) is 0 Å². The van der Waals surface area contributed by atoms with E-state index in [4.69, 9.17) is 9.47 Å². The Morgan fingerprint density at radius 2 is 2.00 bits per heavy atom. The van der Waals surface area contributed by atoms with Crippen molar-refractivity contribution >= 4 is 0 Å². The fourth-order valence-corrected chi connectivity index (χ4v) is 2.87. The fraction of sp³-hybridized carbons (Fsp3) is 1.00. The van der Waals surface area contributed by atoms with Crippen LogP contribution >= 0.6 is 0 Å². The van der Waals surface area contributed by atoms with Gasteiger partial charge in [-0.1, -0.05) is 6.92 Å². The quantitative estimate of drug-likeness (QED) is 0.665. The predicted octanol–water partition coefficient (Wildman–Crippen LogP) is 2.03. The third-order valence-electron chi connectivity index (χ3n) is 4.64. The second-order valence-electron chi connectivity index (χ2n) is 6.38. The Kier molecular flexibility index (Phi) is 6.75. The molecule has 2 aliphatic rings. The van der Waals surface area contributed by atoms with Crippen LogP contribution in [-0.4, -0.2) is 62.5 Å². The summed E-state index contributed by atoms with van der Waals surface area (Å²) in [5.74, 6) is 0. The minimum atomic E-state index is 0.409. The van der Waals surface area contributed by atoms with Crippen LogP contribution in [0.2, 0.25) is 0 Å². The minimum Gasteiger partial charge on any atom is -0.383 e. The lowest BCUT2D eigenvalue weighted by atomic mass is 10.1. The van der Waals surface area contributed by atoms with Crippen LogP contribution < -0.4 is 5.32 Å². The van der Waals surface area contributed by atoms with Crippen LogP contribution in [0.25, 0.3) is 0 Å². The Morgan fingerprint density at radius 3 is 2.65 bits per heavy atom. The second-order valence-corrected chi connectivity index (χ2v) is 6.38. The summed E-state index contributed by atoms with van der Waals surface area (Å²) in [7, 11) is 1.78. The Labute approximate surface area is 124 Å². The van der Waals surface area contributed by atoms with Gasteiger partial charge in [-0.25, -0.2) is 0 Å². The highest BCUT2D eigenvalue weighted by atomic mass is 16.5. The molecule has 1 aliphatic heterocycles. The first kappa shape index (κ1) is 16.2. The summed E-state index contributed by atoms with van der Waals surface area (Å²) in [4.78, 5) is 2.52.